The van der Waals surface area contributed by atoms with Crippen LogP contribution in [0, 0.1) is 17.9 Å². The first-order chi connectivity index (χ1) is 17.6. The summed E-state index contributed by atoms with van der Waals surface area (Å²) >= 11 is 0. The molecule has 0 atom stereocenters. The predicted octanol–water partition coefficient (Wildman–Crippen LogP) is 7.86. The first kappa shape index (κ1) is 26.3. The van der Waals surface area contributed by atoms with Gasteiger partial charge in [0.15, 0.2) is 5.70 Å². The van der Waals surface area contributed by atoms with Crippen LogP contribution in [0.4, 0.5) is 11.4 Å². The van der Waals surface area contributed by atoms with Crippen LogP contribution >= 0.6 is 0 Å². The van der Waals surface area contributed by atoms with Crippen molar-refractivity contribution in [3.05, 3.63) is 106 Å². The smallest absolute Gasteiger partial charge is 0.194 e. The largest absolute Gasteiger partial charge is 0.372 e. The summed E-state index contributed by atoms with van der Waals surface area (Å²) in [6.45, 7) is 20.1. The molecule has 3 aromatic carbocycles. The molecule has 0 unspecified atom stereocenters. The van der Waals surface area contributed by atoms with E-state index in [-0.39, 0.29) is 0 Å². The van der Waals surface area contributed by atoms with E-state index in [0.717, 1.165) is 54.1 Å². The molecule has 0 aliphatic carbocycles. The zero-order valence-corrected chi connectivity index (χ0v) is 21.7. The third-order valence-electron chi connectivity index (χ3n) is 6.39. The van der Waals surface area contributed by atoms with Crippen molar-refractivity contribution in [1.29, 1.82) is 5.26 Å². The lowest BCUT2D eigenvalue weighted by molar-refractivity contribution is 0.866. The molecule has 0 saturated carbocycles. The average Bonchev–Trinajstić information content (AvgIpc) is 2.93. The zero-order valence-electron chi connectivity index (χ0n) is 21.7. The van der Waals surface area contributed by atoms with Crippen molar-refractivity contribution >= 4 is 34.8 Å². The quantitative estimate of drug-likeness (QED) is 0.170. The number of hydrogen-bond donors (Lipinski definition) is 0. The highest BCUT2D eigenvalue weighted by Crippen LogP contribution is 2.25. The molecule has 4 nitrogen and oxygen atoms in total. The van der Waals surface area contributed by atoms with Gasteiger partial charge in [-0.05, 0) is 86.4 Å². The Balaban J connectivity index is 1.79. The molecule has 3 rings (SSSR count). The summed E-state index contributed by atoms with van der Waals surface area (Å²) in [6, 6.07) is 26.6. The van der Waals surface area contributed by atoms with Gasteiger partial charge in [0.25, 0.3) is 0 Å². The van der Waals surface area contributed by atoms with Crippen molar-refractivity contribution in [3.63, 3.8) is 0 Å². The number of rotatable bonds is 10. The molecule has 0 N–H and O–H groups in total. The minimum atomic E-state index is 0.607. The molecular weight excluding hydrogens is 440 g/mol. The fraction of sp³-hybridized carbons (Fsp3) is 0.250. The van der Waals surface area contributed by atoms with Crippen molar-refractivity contribution in [2.24, 2.45) is 0 Å². The van der Waals surface area contributed by atoms with E-state index in [1.807, 2.05) is 60.7 Å². The van der Waals surface area contributed by atoms with Gasteiger partial charge in [0.2, 0.25) is 0 Å². The minimum Gasteiger partial charge on any atom is -0.372 e. The number of benzene rings is 3. The molecular formula is C32H34N4. The van der Waals surface area contributed by atoms with Gasteiger partial charge in [-0.25, -0.2) is 4.85 Å². The second-order valence-corrected chi connectivity index (χ2v) is 8.42. The minimum absolute atomic E-state index is 0.607. The van der Waals surface area contributed by atoms with Gasteiger partial charge in [-0.3, -0.25) is 0 Å². The molecule has 0 radical (unpaired) electrons. The van der Waals surface area contributed by atoms with Crippen molar-refractivity contribution in [2.75, 3.05) is 36.0 Å². The standard InChI is InChI=1S/C32H34N4/c1-6-35(7-2)30-18-14-27(15-19-30)29(24-33)22-25-10-12-26(13-11-25)23-32(34-5)28-16-20-31(21-17-28)36(8-3)9-4/h10-23H,6-9H2,1-4H3. The predicted molar refractivity (Wildman–Crippen MR) is 154 cm³/mol. The molecule has 3 aromatic rings. The van der Waals surface area contributed by atoms with Crippen molar-refractivity contribution in [3.8, 4) is 6.07 Å². The number of anilines is 2. The molecule has 0 saturated heterocycles. The highest BCUT2D eigenvalue weighted by molar-refractivity contribution is 5.90. The number of hydrogen-bond acceptors (Lipinski definition) is 3. The average molecular weight is 475 g/mol. The number of nitrogens with zero attached hydrogens (tertiary/aromatic N) is 4. The van der Waals surface area contributed by atoms with E-state index in [1.54, 1.807) is 0 Å². The zero-order chi connectivity index (χ0) is 25.9. The number of nitriles is 1. The molecule has 0 bridgehead atoms. The number of allylic oxidation sites excluding steroid dienone is 1. The summed E-state index contributed by atoms with van der Waals surface area (Å²) in [5.74, 6) is 0. The lowest BCUT2D eigenvalue weighted by Crippen LogP contribution is -2.21. The van der Waals surface area contributed by atoms with E-state index in [2.05, 4.69) is 72.7 Å². The molecule has 0 fully saturated rings. The molecule has 0 aromatic heterocycles. The lowest BCUT2D eigenvalue weighted by atomic mass is 10.0. The topological polar surface area (TPSA) is 34.6 Å². The van der Waals surface area contributed by atoms with Gasteiger partial charge in [-0.1, -0.05) is 48.5 Å². The van der Waals surface area contributed by atoms with Gasteiger partial charge in [0.05, 0.1) is 18.2 Å². The van der Waals surface area contributed by atoms with E-state index in [9.17, 15) is 5.26 Å². The van der Waals surface area contributed by atoms with E-state index < -0.39 is 0 Å². The van der Waals surface area contributed by atoms with Crippen LogP contribution in [0.5, 0.6) is 0 Å². The Hall–Kier alpha value is -4.28. The van der Waals surface area contributed by atoms with Gasteiger partial charge >= 0.3 is 0 Å². The highest BCUT2D eigenvalue weighted by atomic mass is 15.1. The molecule has 0 aliphatic rings. The van der Waals surface area contributed by atoms with Crippen LogP contribution in [-0.2, 0) is 0 Å². The van der Waals surface area contributed by atoms with Gasteiger partial charge in [-0.2, -0.15) is 5.26 Å². The molecule has 36 heavy (non-hydrogen) atoms. The fourth-order valence-electron chi connectivity index (χ4n) is 4.25. The first-order valence-corrected chi connectivity index (χ1v) is 12.6. The summed E-state index contributed by atoms with van der Waals surface area (Å²) in [7, 11) is 0. The summed E-state index contributed by atoms with van der Waals surface area (Å²) in [4.78, 5) is 8.33. The van der Waals surface area contributed by atoms with Crippen LogP contribution in [0.3, 0.4) is 0 Å². The molecule has 4 heteroatoms. The summed E-state index contributed by atoms with van der Waals surface area (Å²) in [5, 5.41) is 9.75. The Labute approximate surface area is 216 Å². The van der Waals surface area contributed by atoms with Crippen molar-refractivity contribution < 1.29 is 0 Å². The SMILES string of the molecule is [C-]#[N+]C(=Cc1ccc(C=C(C#N)c2ccc(N(CC)CC)cc2)cc1)c1ccc(N(CC)CC)cc1. The van der Waals surface area contributed by atoms with Gasteiger partial charge in [0, 0.05) is 37.6 Å². The molecule has 0 spiro atoms. The van der Waals surface area contributed by atoms with Crippen LogP contribution in [0.25, 0.3) is 28.3 Å². The monoisotopic (exact) mass is 474 g/mol. The van der Waals surface area contributed by atoms with Crippen molar-refractivity contribution in [2.45, 2.75) is 27.7 Å². The second kappa shape index (κ2) is 13.0. The third kappa shape index (κ3) is 6.44. The fourth-order valence-corrected chi connectivity index (χ4v) is 4.25. The van der Waals surface area contributed by atoms with E-state index in [0.29, 0.717) is 11.3 Å². The van der Waals surface area contributed by atoms with Gasteiger partial charge < -0.3 is 9.80 Å². The maximum atomic E-state index is 9.75. The Bertz CT molecular complexity index is 1160. The Morgan fingerprint density at radius 3 is 1.50 bits per heavy atom. The maximum Gasteiger partial charge on any atom is 0.194 e. The van der Waals surface area contributed by atoms with Crippen molar-refractivity contribution in [1.82, 2.24) is 0 Å². The highest BCUT2D eigenvalue weighted by Gasteiger charge is 2.07. The Morgan fingerprint density at radius 2 is 1.11 bits per heavy atom. The Kier molecular flexibility index (Phi) is 9.49. The third-order valence-corrected chi connectivity index (χ3v) is 6.39. The van der Waals surface area contributed by atoms with E-state index in [1.165, 1.54) is 5.69 Å². The van der Waals surface area contributed by atoms with E-state index in [4.69, 9.17) is 6.57 Å². The molecule has 0 amide bonds. The van der Waals surface area contributed by atoms with Crippen LogP contribution in [0.2, 0.25) is 0 Å². The summed E-state index contributed by atoms with van der Waals surface area (Å²) < 4.78 is 0. The first-order valence-electron chi connectivity index (χ1n) is 12.6. The maximum absolute atomic E-state index is 9.75. The van der Waals surface area contributed by atoms with Gasteiger partial charge in [0.1, 0.15) is 0 Å². The van der Waals surface area contributed by atoms with Crippen LogP contribution in [0.1, 0.15) is 49.9 Å². The summed E-state index contributed by atoms with van der Waals surface area (Å²) in [6.07, 6.45) is 3.81. The molecule has 0 aliphatic heterocycles. The van der Waals surface area contributed by atoms with Gasteiger partial charge in [-0.15, -0.1) is 0 Å². The van der Waals surface area contributed by atoms with Crippen LogP contribution in [-0.4, -0.2) is 26.2 Å². The Morgan fingerprint density at radius 1 is 0.694 bits per heavy atom. The molecule has 0 heterocycles. The summed E-state index contributed by atoms with van der Waals surface area (Å²) in [5.41, 5.74) is 7.27. The second-order valence-electron chi connectivity index (χ2n) is 8.42. The molecule has 182 valence electrons. The van der Waals surface area contributed by atoms with E-state index >= 15 is 0 Å². The lowest BCUT2D eigenvalue weighted by Gasteiger charge is -2.21. The van der Waals surface area contributed by atoms with Crippen LogP contribution in [0.15, 0.2) is 72.8 Å². The van der Waals surface area contributed by atoms with Crippen LogP contribution < -0.4 is 9.80 Å². The normalized spacial score (nSPS) is 11.5.